The Balaban J connectivity index is 0.000000272. The van der Waals surface area contributed by atoms with Crippen molar-refractivity contribution in [1.29, 1.82) is 0 Å². The summed E-state index contributed by atoms with van der Waals surface area (Å²) < 4.78 is 18.4. The molecular formula is C29H32FN5O3S. The summed E-state index contributed by atoms with van der Waals surface area (Å²) in [5.74, 6) is 1.51. The van der Waals surface area contributed by atoms with E-state index in [1.54, 1.807) is 22.4 Å². The first kappa shape index (κ1) is 28.0. The maximum atomic E-state index is 12.9. The number of alkyl halides is 1. The lowest BCUT2D eigenvalue weighted by Gasteiger charge is -2.29. The first-order chi connectivity index (χ1) is 19.0. The van der Waals surface area contributed by atoms with Gasteiger partial charge in [0, 0.05) is 24.2 Å². The number of rotatable bonds is 5. The molecule has 2 aromatic heterocycles. The Morgan fingerprint density at radius 2 is 1.85 bits per heavy atom. The molecule has 2 aliphatic rings. The van der Waals surface area contributed by atoms with Crippen LogP contribution in [0.3, 0.4) is 0 Å². The van der Waals surface area contributed by atoms with Gasteiger partial charge in [-0.3, -0.25) is 9.69 Å². The van der Waals surface area contributed by atoms with Crippen molar-refractivity contribution in [2.24, 2.45) is 0 Å². The lowest BCUT2D eigenvalue weighted by Crippen LogP contribution is -2.35. The molecule has 2 aliphatic heterocycles. The summed E-state index contributed by atoms with van der Waals surface area (Å²) in [6, 6.07) is 16.8. The molecule has 3 amide bonds. The number of anilines is 3. The molecule has 4 aromatic rings. The molecule has 39 heavy (non-hydrogen) atoms. The molecule has 2 atom stereocenters. The van der Waals surface area contributed by atoms with Gasteiger partial charge in [-0.05, 0) is 55.8 Å². The maximum Gasteiger partial charge on any atom is 0.331 e. The Labute approximate surface area is 231 Å². The van der Waals surface area contributed by atoms with Crippen molar-refractivity contribution in [3.8, 4) is 11.5 Å². The number of nitrogens with one attached hydrogen (secondary N) is 3. The van der Waals surface area contributed by atoms with Crippen LogP contribution in [0.15, 0.2) is 60.8 Å². The summed E-state index contributed by atoms with van der Waals surface area (Å²) in [4.78, 5) is 30.9. The van der Waals surface area contributed by atoms with Crippen LogP contribution in [0, 0.1) is 13.8 Å². The number of urea groups is 1. The second-order valence-electron chi connectivity index (χ2n) is 8.74. The van der Waals surface area contributed by atoms with E-state index in [1.807, 2.05) is 82.3 Å². The fraction of sp³-hybridized carbons (Fsp3) is 0.276. The van der Waals surface area contributed by atoms with Gasteiger partial charge >= 0.3 is 6.03 Å². The van der Waals surface area contributed by atoms with Crippen LogP contribution in [-0.4, -0.2) is 42.7 Å². The highest BCUT2D eigenvalue weighted by Gasteiger charge is 2.30. The van der Waals surface area contributed by atoms with Crippen LogP contribution in [0.4, 0.5) is 26.2 Å². The minimum Gasteiger partial charge on any atom is -0.457 e. The number of nitrogens with zero attached hydrogens (tertiary/aromatic N) is 2. The van der Waals surface area contributed by atoms with E-state index in [9.17, 15) is 14.0 Å². The highest BCUT2D eigenvalue weighted by Crippen LogP contribution is 2.46. The van der Waals surface area contributed by atoms with Crippen LogP contribution in [0.25, 0.3) is 10.2 Å². The van der Waals surface area contributed by atoms with Gasteiger partial charge in [0.15, 0.2) is 0 Å². The van der Waals surface area contributed by atoms with Crippen molar-refractivity contribution >= 4 is 51.1 Å². The molecule has 1 unspecified atom stereocenters. The number of hydrogen-bond donors (Lipinski definition) is 3. The Morgan fingerprint density at radius 1 is 1.08 bits per heavy atom. The van der Waals surface area contributed by atoms with E-state index in [4.69, 9.17) is 4.74 Å². The predicted molar refractivity (Wildman–Crippen MR) is 155 cm³/mol. The largest absolute Gasteiger partial charge is 0.457 e. The molecule has 0 bridgehead atoms. The smallest absolute Gasteiger partial charge is 0.331 e. The SMILES string of the molecule is CC.Cc1cc(Oc2ccccc2)ccc1N1C(=O)Nc2c(C)sc3nccc1c23.O=CNC1CNC[C@@H]1F. The number of hydrogen-bond acceptors (Lipinski definition) is 6. The average Bonchev–Trinajstić information content (AvgIpc) is 3.50. The number of aromatic nitrogens is 1. The van der Waals surface area contributed by atoms with E-state index in [0.717, 1.165) is 49.2 Å². The van der Waals surface area contributed by atoms with Crippen LogP contribution < -0.4 is 25.6 Å². The third-order valence-corrected chi connectivity index (χ3v) is 7.25. The molecule has 1 fully saturated rings. The Morgan fingerprint density at radius 3 is 2.51 bits per heavy atom. The summed E-state index contributed by atoms with van der Waals surface area (Å²) in [5.41, 5.74) is 3.49. The Kier molecular flexibility index (Phi) is 9.11. The number of pyridine rings is 1. The summed E-state index contributed by atoms with van der Waals surface area (Å²) >= 11 is 1.59. The molecule has 2 aromatic carbocycles. The Hall–Kier alpha value is -4.02. The predicted octanol–water partition coefficient (Wildman–Crippen LogP) is 6.46. The van der Waals surface area contributed by atoms with Crippen LogP contribution in [-0.2, 0) is 4.79 Å². The van der Waals surface area contributed by atoms with Crippen LogP contribution in [0.1, 0.15) is 24.3 Å². The lowest BCUT2D eigenvalue weighted by molar-refractivity contribution is -0.110. The van der Waals surface area contributed by atoms with E-state index >= 15 is 0 Å². The third kappa shape index (κ3) is 6.02. The van der Waals surface area contributed by atoms with Gasteiger partial charge in [-0.2, -0.15) is 0 Å². The van der Waals surface area contributed by atoms with Gasteiger partial charge in [0.2, 0.25) is 6.41 Å². The number of carbonyl (C=O) groups excluding carboxylic acids is 2. The van der Waals surface area contributed by atoms with E-state index in [-0.39, 0.29) is 12.1 Å². The number of thiophene rings is 1. The van der Waals surface area contributed by atoms with Crippen LogP contribution in [0.5, 0.6) is 11.5 Å². The molecule has 0 aliphatic carbocycles. The fourth-order valence-electron chi connectivity index (χ4n) is 4.43. The molecule has 4 heterocycles. The second kappa shape index (κ2) is 12.7. The fourth-order valence-corrected chi connectivity index (χ4v) is 5.40. The zero-order chi connectivity index (χ0) is 27.9. The van der Waals surface area contributed by atoms with Gasteiger partial charge in [-0.15, -0.1) is 11.3 Å². The zero-order valence-electron chi connectivity index (χ0n) is 22.3. The lowest BCUT2D eigenvalue weighted by atomic mass is 10.1. The first-order valence-corrected chi connectivity index (χ1v) is 13.6. The Bertz CT molecular complexity index is 1450. The average molecular weight is 550 g/mol. The van der Waals surface area contributed by atoms with Crippen LogP contribution in [0.2, 0.25) is 0 Å². The standard InChI is InChI=1S/C22H17N3O2S.C5H9FN2O.C2H6/c1-13-12-16(27-15-6-4-3-5-7-15)8-9-17(13)25-18-10-11-23-21-19(18)20(14(2)28-21)24-22(25)26;6-4-1-7-2-5(4)8-3-9;1-2/h3-12H,1-2H3,(H,24,26);3-5,7H,1-2H2,(H,8,9);1-2H3/t;4-,5?;/m.0./s1. The number of halogens is 1. The third-order valence-electron chi connectivity index (χ3n) is 6.23. The molecule has 0 radical (unpaired) electrons. The molecular weight excluding hydrogens is 517 g/mol. The van der Waals surface area contributed by atoms with E-state index in [1.165, 1.54) is 0 Å². The van der Waals surface area contributed by atoms with Gasteiger partial charge in [0.25, 0.3) is 0 Å². The molecule has 8 nitrogen and oxygen atoms in total. The number of carbonyl (C=O) groups is 2. The van der Waals surface area contributed by atoms with E-state index in [2.05, 4.69) is 20.9 Å². The van der Waals surface area contributed by atoms with E-state index in [0.29, 0.717) is 19.5 Å². The van der Waals surface area contributed by atoms with Crippen LogP contribution >= 0.6 is 11.3 Å². The molecule has 0 saturated carbocycles. The quantitative estimate of drug-likeness (QED) is 0.249. The molecule has 204 valence electrons. The second-order valence-corrected chi connectivity index (χ2v) is 9.94. The molecule has 1 saturated heterocycles. The number of aryl methyl sites for hydroxylation is 2. The van der Waals surface area contributed by atoms with Crippen molar-refractivity contribution in [3.05, 3.63) is 71.2 Å². The highest BCUT2D eigenvalue weighted by atomic mass is 32.1. The van der Waals surface area contributed by atoms with Gasteiger partial charge in [0.05, 0.1) is 28.5 Å². The van der Waals surface area contributed by atoms with Gasteiger partial charge in [0.1, 0.15) is 22.5 Å². The topological polar surface area (TPSA) is 95.6 Å². The highest BCUT2D eigenvalue weighted by molar-refractivity contribution is 7.19. The molecule has 6 rings (SSSR count). The van der Waals surface area contributed by atoms with Crippen molar-refractivity contribution in [1.82, 2.24) is 15.6 Å². The normalized spacial score (nSPS) is 17.4. The first-order valence-electron chi connectivity index (χ1n) is 12.8. The number of para-hydroxylation sites is 1. The van der Waals surface area contributed by atoms with Gasteiger partial charge < -0.3 is 20.7 Å². The maximum absolute atomic E-state index is 12.9. The molecule has 3 N–H and O–H groups in total. The van der Waals surface area contributed by atoms with Crippen molar-refractivity contribution in [2.45, 2.75) is 39.9 Å². The van der Waals surface area contributed by atoms with Gasteiger partial charge in [-0.1, -0.05) is 32.0 Å². The summed E-state index contributed by atoms with van der Waals surface area (Å²) in [6.07, 6.45) is 1.37. The minimum atomic E-state index is -0.921. The molecule has 0 spiro atoms. The monoisotopic (exact) mass is 549 g/mol. The number of amides is 3. The summed E-state index contributed by atoms with van der Waals surface area (Å²) in [6.45, 7) is 8.88. The summed E-state index contributed by atoms with van der Waals surface area (Å²) in [7, 11) is 0. The van der Waals surface area contributed by atoms with E-state index < -0.39 is 6.17 Å². The number of ether oxygens (including phenoxy) is 1. The van der Waals surface area contributed by atoms with Crippen molar-refractivity contribution in [3.63, 3.8) is 0 Å². The molecule has 10 heteroatoms. The summed E-state index contributed by atoms with van der Waals surface area (Å²) in [5, 5.41) is 9.21. The van der Waals surface area contributed by atoms with Crippen molar-refractivity contribution in [2.75, 3.05) is 23.3 Å². The minimum absolute atomic E-state index is 0.165. The zero-order valence-corrected chi connectivity index (χ0v) is 23.1. The van der Waals surface area contributed by atoms with Crippen molar-refractivity contribution < 1.29 is 18.7 Å². The van der Waals surface area contributed by atoms with Gasteiger partial charge in [-0.25, -0.2) is 14.2 Å². The number of benzene rings is 2.